The molecule has 0 radical (unpaired) electrons. The summed E-state index contributed by atoms with van der Waals surface area (Å²) in [7, 11) is 1.57. The van der Waals surface area contributed by atoms with E-state index in [0.717, 1.165) is 18.4 Å². The Hall–Kier alpha value is -1.18. The number of hydrogen-bond acceptors (Lipinski definition) is 2. The van der Waals surface area contributed by atoms with Crippen LogP contribution in [0.3, 0.4) is 0 Å². The van der Waals surface area contributed by atoms with Crippen LogP contribution in [0.1, 0.15) is 24.5 Å². The molecule has 1 aromatic carbocycles. The molecule has 2 nitrogen and oxygen atoms in total. The number of aryl methyl sites for hydroxylation is 2. The highest BCUT2D eigenvalue weighted by Gasteiger charge is 2.05. The van der Waals surface area contributed by atoms with Crippen molar-refractivity contribution in [3.05, 3.63) is 23.3 Å². The normalized spacial score (nSPS) is 10.1. The van der Waals surface area contributed by atoms with Gasteiger partial charge in [-0.25, -0.2) is 0 Å². The van der Waals surface area contributed by atoms with E-state index in [0.29, 0.717) is 5.75 Å². The second kappa shape index (κ2) is 4.17. The molecule has 0 heterocycles. The summed E-state index contributed by atoms with van der Waals surface area (Å²) in [5.41, 5.74) is 2.37. The second-order valence-electron chi connectivity index (χ2n) is 3.20. The van der Waals surface area contributed by atoms with Crippen LogP contribution in [0, 0.1) is 6.92 Å². The minimum atomic E-state index is 0.222. The molecule has 0 amide bonds. The molecule has 0 spiro atoms. The highest BCUT2D eigenvalue weighted by atomic mass is 16.5. The van der Waals surface area contributed by atoms with E-state index in [9.17, 15) is 5.11 Å². The SMILES string of the molecule is CCCc1cc(OC)c(O)cc1C. The van der Waals surface area contributed by atoms with Crippen LogP contribution in [0.4, 0.5) is 0 Å². The van der Waals surface area contributed by atoms with E-state index in [4.69, 9.17) is 4.74 Å². The van der Waals surface area contributed by atoms with Crippen LogP contribution < -0.4 is 4.74 Å². The first kappa shape index (κ1) is 9.90. The van der Waals surface area contributed by atoms with Gasteiger partial charge in [-0.15, -0.1) is 0 Å². The summed E-state index contributed by atoms with van der Waals surface area (Å²) in [6.45, 7) is 4.14. The van der Waals surface area contributed by atoms with E-state index in [-0.39, 0.29) is 5.75 Å². The van der Waals surface area contributed by atoms with Gasteiger partial charge in [0, 0.05) is 0 Å². The highest BCUT2D eigenvalue weighted by molar-refractivity contribution is 5.46. The van der Waals surface area contributed by atoms with Crippen LogP contribution >= 0.6 is 0 Å². The van der Waals surface area contributed by atoms with Crippen LogP contribution in [-0.2, 0) is 6.42 Å². The molecule has 0 aliphatic carbocycles. The lowest BCUT2D eigenvalue weighted by atomic mass is 10.0. The minimum absolute atomic E-state index is 0.222. The van der Waals surface area contributed by atoms with Crippen LogP contribution in [0.5, 0.6) is 11.5 Å². The van der Waals surface area contributed by atoms with Gasteiger partial charge in [0.2, 0.25) is 0 Å². The van der Waals surface area contributed by atoms with Crippen molar-refractivity contribution in [2.75, 3.05) is 7.11 Å². The number of benzene rings is 1. The molecule has 1 N–H and O–H groups in total. The zero-order valence-electron chi connectivity index (χ0n) is 8.42. The third-order valence-corrected chi connectivity index (χ3v) is 2.16. The van der Waals surface area contributed by atoms with Crippen molar-refractivity contribution in [3.63, 3.8) is 0 Å². The molecular formula is C11H16O2. The van der Waals surface area contributed by atoms with E-state index in [1.807, 2.05) is 13.0 Å². The maximum atomic E-state index is 9.46. The van der Waals surface area contributed by atoms with Gasteiger partial charge in [-0.1, -0.05) is 13.3 Å². The first-order chi connectivity index (χ1) is 6.19. The Morgan fingerprint density at radius 1 is 1.38 bits per heavy atom. The number of ether oxygens (including phenoxy) is 1. The maximum Gasteiger partial charge on any atom is 0.160 e. The van der Waals surface area contributed by atoms with Crippen molar-refractivity contribution < 1.29 is 9.84 Å². The topological polar surface area (TPSA) is 29.5 Å². The Balaban J connectivity index is 3.06. The average Bonchev–Trinajstić information content (AvgIpc) is 2.10. The van der Waals surface area contributed by atoms with E-state index < -0.39 is 0 Å². The molecule has 0 saturated heterocycles. The summed E-state index contributed by atoms with van der Waals surface area (Å²) in [6, 6.07) is 3.66. The highest BCUT2D eigenvalue weighted by Crippen LogP contribution is 2.29. The molecule has 0 atom stereocenters. The van der Waals surface area contributed by atoms with Crippen LogP contribution in [0.2, 0.25) is 0 Å². The first-order valence-corrected chi connectivity index (χ1v) is 4.55. The zero-order chi connectivity index (χ0) is 9.84. The Morgan fingerprint density at radius 3 is 2.62 bits per heavy atom. The number of phenolic OH excluding ortho intramolecular Hbond substituents is 1. The zero-order valence-corrected chi connectivity index (χ0v) is 8.42. The number of rotatable bonds is 3. The molecular weight excluding hydrogens is 164 g/mol. The predicted octanol–water partition coefficient (Wildman–Crippen LogP) is 2.66. The lowest BCUT2D eigenvalue weighted by molar-refractivity contribution is 0.372. The monoisotopic (exact) mass is 180 g/mol. The van der Waals surface area contributed by atoms with Crippen molar-refractivity contribution in [3.8, 4) is 11.5 Å². The average molecular weight is 180 g/mol. The van der Waals surface area contributed by atoms with Gasteiger partial charge in [-0.2, -0.15) is 0 Å². The van der Waals surface area contributed by atoms with Gasteiger partial charge in [0.15, 0.2) is 11.5 Å². The first-order valence-electron chi connectivity index (χ1n) is 4.55. The van der Waals surface area contributed by atoms with Gasteiger partial charge in [-0.3, -0.25) is 0 Å². The van der Waals surface area contributed by atoms with Gasteiger partial charge in [0.25, 0.3) is 0 Å². The summed E-state index contributed by atoms with van der Waals surface area (Å²) in [5, 5.41) is 9.46. The molecule has 0 aliphatic heterocycles. The molecule has 1 rings (SSSR count). The van der Waals surface area contributed by atoms with Crippen LogP contribution in [-0.4, -0.2) is 12.2 Å². The van der Waals surface area contributed by atoms with E-state index >= 15 is 0 Å². The van der Waals surface area contributed by atoms with Crippen molar-refractivity contribution in [2.24, 2.45) is 0 Å². The summed E-state index contributed by atoms with van der Waals surface area (Å²) in [6.07, 6.45) is 2.14. The Bertz CT molecular complexity index is 292. The van der Waals surface area contributed by atoms with Crippen molar-refractivity contribution in [2.45, 2.75) is 26.7 Å². The Labute approximate surface area is 79.2 Å². The van der Waals surface area contributed by atoms with E-state index in [2.05, 4.69) is 6.92 Å². The molecule has 72 valence electrons. The third-order valence-electron chi connectivity index (χ3n) is 2.16. The summed E-state index contributed by atoms with van der Waals surface area (Å²) in [4.78, 5) is 0. The number of hydrogen-bond donors (Lipinski definition) is 1. The quantitative estimate of drug-likeness (QED) is 0.774. The summed E-state index contributed by atoms with van der Waals surface area (Å²) < 4.78 is 5.04. The van der Waals surface area contributed by atoms with Crippen molar-refractivity contribution >= 4 is 0 Å². The van der Waals surface area contributed by atoms with E-state index in [1.165, 1.54) is 5.56 Å². The Kier molecular flexibility index (Phi) is 3.18. The lowest BCUT2D eigenvalue weighted by Crippen LogP contribution is -1.91. The predicted molar refractivity (Wildman–Crippen MR) is 53.4 cm³/mol. The largest absolute Gasteiger partial charge is 0.504 e. The molecule has 2 heteroatoms. The summed E-state index contributed by atoms with van der Waals surface area (Å²) >= 11 is 0. The number of methoxy groups -OCH3 is 1. The van der Waals surface area contributed by atoms with E-state index in [1.54, 1.807) is 13.2 Å². The van der Waals surface area contributed by atoms with Crippen molar-refractivity contribution in [1.82, 2.24) is 0 Å². The smallest absolute Gasteiger partial charge is 0.160 e. The van der Waals surface area contributed by atoms with Gasteiger partial charge < -0.3 is 9.84 Å². The fourth-order valence-corrected chi connectivity index (χ4v) is 1.42. The number of phenols is 1. The molecule has 0 unspecified atom stereocenters. The van der Waals surface area contributed by atoms with Crippen LogP contribution in [0.25, 0.3) is 0 Å². The van der Waals surface area contributed by atoms with Gasteiger partial charge >= 0.3 is 0 Å². The fourth-order valence-electron chi connectivity index (χ4n) is 1.42. The third kappa shape index (κ3) is 2.14. The summed E-state index contributed by atoms with van der Waals surface area (Å²) in [5.74, 6) is 0.786. The van der Waals surface area contributed by atoms with Gasteiger partial charge in [0.1, 0.15) is 0 Å². The van der Waals surface area contributed by atoms with Gasteiger partial charge in [0.05, 0.1) is 7.11 Å². The van der Waals surface area contributed by atoms with Crippen LogP contribution in [0.15, 0.2) is 12.1 Å². The standard InChI is InChI=1S/C11H16O2/c1-4-5-9-7-11(13-3)10(12)6-8(9)2/h6-7,12H,4-5H2,1-3H3. The Morgan fingerprint density at radius 2 is 2.08 bits per heavy atom. The number of aromatic hydroxyl groups is 1. The molecule has 0 aliphatic rings. The lowest BCUT2D eigenvalue weighted by Gasteiger charge is -2.09. The van der Waals surface area contributed by atoms with Gasteiger partial charge in [-0.05, 0) is 36.6 Å². The maximum absolute atomic E-state index is 9.46. The molecule has 0 fully saturated rings. The molecule has 1 aromatic rings. The minimum Gasteiger partial charge on any atom is -0.504 e. The van der Waals surface area contributed by atoms with Crippen molar-refractivity contribution in [1.29, 1.82) is 0 Å². The second-order valence-corrected chi connectivity index (χ2v) is 3.20. The fraction of sp³-hybridized carbons (Fsp3) is 0.455. The molecule has 13 heavy (non-hydrogen) atoms. The molecule has 0 bridgehead atoms. The molecule has 0 aromatic heterocycles. The molecule has 0 saturated carbocycles.